The molecule has 5 heteroatoms. The average Bonchev–Trinajstić information content (AvgIpc) is 2.87. The standard InChI is InChI=1S/C11H12N2OS2/c1-8-7-16-11(12-8)13-10(14)5-4-9-3-2-6-15-9/h2-3,6-7H,4-5H2,1H3,(H,12,13,14). The van der Waals surface area contributed by atoms with Crippen molar-refractivity contribution >= 4 is 33.7 Å². The third-order valence-electron chi connectivity index (χ3n) is 2.04. The van der Waals surface area contributed by atoms with Crippen LogP contribution in [-0.4, -0.2) is 10.9 Å². The lowest BCUT2D eigenvalue weighted by atomic mass is 10.2. The molecule has 2 aromatic heterocycles. The zero-order chi connectivity index (χ0) is 11.4. The van der Waals surface area contributed by atoms with Crippen molar-refractivity contribution in [1.82, 2.24) is 4.98 Å². The van der Waals surface area contributed by atoms with Crippen LogP contribution in [0.25, 0.3) is 0 Å². The Morgan fingerprint density at radius 3 is 3.00 bits per heavy atom. The number of anilines is 1. The summed E-state index contributed by atoms with van der Waals surface area (Å²) in [5.41, 5.74) is 0.943. The van der Waals surface area contributed by atoms with Gasteiger partial charge >= 0.3 is 0 Å². The predicted octanol–water partition coefficient (Wildman–Crippen LogP) is 3.08. The summed E-state index contributed by atoms with van der Waals surface area (Å²) in [6, 6.07) is 4.05. The van der Waals surface area contributed by atoms with Crippen molar-refractivity contribution in [1.29, 1.82) is 0 Å². The Morgan fingerprint density at radius 2 is 2.38 bits per heavy atom. The molecule has 0 saturated carbocycles. The first kappa shape index (κ1) is 11.3. The molecule has 3 nitrogen and oxygen atoms in total. The van der Waals surface area contributed by atoms with Crippen molar-refractivity contribution < 1.29 is 4.79 Å². The predicted molar refractivity (Wildman–Crippen MR) is 68.1 cm³/mol. The lowest BCUT2D eigenvalue weighted by molar-refractivity contribution is -0.116. The third-order valence-corrected chi connectivity index (χ3v) is 3.86. The van der Waals surface area contributed by atoms with E-state index in [9.17, 15) is 4.79 Å². The van der Waals surface area contributed by atoms with Crippen LogP contribution in [0.5, 0.6) is 0 Å². The first-order valence-electron chi connectivity index (χ1n) is 4.98. The van der Waals surface area contributed by atoms with E-state index in [1.165, 1.54) is 16.2 Å². The highest BCUT2D eigenvalue weighted by atomic mass is 32.1. The van der Waals surface area contributed by atoms with Gasteiger partial charge in [0.25, 0.3) is 0 Å². The molecule has 0 fully saturated rings. The summed E-state index contributed by atoms with van der Waals surface area (Å²) in [6.07, 6.45) is 1.31. The number of carbonyl (C=O) groups excluding carboxylic acids is 1. The number of nitrogens with zero attached hydrogens (tertiary/aromatic N) is 1. The Hall–Kier alpha value is -1.20. The molecule has 0 aliphatic carbocycles. The van der Waals surface area contributed by atoms with Gasteiger partial charge in [-0.2, -0.15) is 0 Å². The van der Waals surface area contributed by atoms with Crippen LogP contribution in [-0.2, 0) is 11.2 Å². The van der Waals surface area contributed by atoms with Gasteiger partial charge in [-0.15, -0.1) is 22.7 Å². The Balaban J connectivity index is 1.81. The number of aryl methyl sites for hydroxylation is 2. The van der Waals surface area contributed by atoms with Crippen molar-refractivity contribution in [3.8, 4) is 0 Å². The van der Waals surface area contributed by atoms with Crippen LogP contribution in [0.1, 0.15) is 17.0 Å². The minimum Gasteiger partial charge on any atom is -0.302 e. The maximum Gasteiger partial charge on any atom is 0.226 e. The van der Waals surface area contributed by atoms with Gasteiger partial charge in [-0.1, -0.05) is 6.07 Å². The third kappa shape index (κ3) is 3.15. The molecule has 0 spiro atoms. The molecule has 1 amide bonds. The molecule has 84 valence electrons. The fourth-order valence-corrected chi connectivity index (χ4v) is 2.70. The van der Waals surface area contributed by atoms with E-state index in [0.29, 0.717) is 11.6 Å². The molecular formula is C11H12N2OS2. The molecule has 0 unspecified atom stereocenters. The van der Waals surface area contributed by atoms with Gasteiger partial charge < -0.3 is 5.32 Å². The number of hydrogen-bond acceptors (Lipinski definition) is 4. The second-order valence-electron chi connectivity index (χ2n) is 3.42. The lowest BCUT2D eigenvalue weighted by Crippen LogP contribution is -2.11. The fraction of sp³-hybridized carbons (Fsp3) is 0.273. The normalized spacial score (nSPS) is 10.3. The highest BCUT2D eigenvalue weighted by Gasteiger charge is 2.05. The van der Waals surface area contributed by atoms with Crippen molar-refractivity contribution in [2.24, 2.45) is 0 Å². The van der Waals surface area contributed by atoms with E-state index >= 15 is 0 Å². The Kier molecular flexibility index (Phi) is 3.69. The molecule has 0 aromatic carbocycles. The zero-order valence-corrected chi connectivity index (χ0v) is 10.5. The quantitative estimate of drug-likeness (QED) is 0.908. The molecular weight excluding hydrogens is 240 g/mol. The molecule has 0 bridgehead atoms. The maximum atomic E-state index is 11.6. The summed E-state index contributed by atoms with van der Waals surface area (Å²) in [6.45, 7) is 1.91. The van der Waals surface area contributed by atoms with E-state index in [4.69, 9.17) is 0 Å². The molecule has 0 aliphatic rings. The minimum absolute atomic E-state index is 0.0303. The van der Waals surface area contributed by atoms with Crippen molar-refractivity contribution in [2.75, 3.05) is 5.32 Å². The van der Waals surface area contributed by atoms with Gasteiger partial charge in [0, 0.05) is 16.7 Å². The Labute approximate surface area is 102 Å². The molecule has 2 heterocycles. The van der Waals surface area contributed by atoms with Gasteiger partial charge in [0.05, 0.1) is 5.69 Å². The molecule has 16 heavy (non-hydrogen) atoms. The highest BCUT2D eigenvalue weighted by Crippen LogP contribution is 2.15. The largest absolute Gasteiger partial charge is 0.302 e. The topological polar surface area (TPSA) is 42.0 Å². The van der Waals surface area contributed by atoms with E-state index in [1.54, 1.807) is 11.3 Å². The SMILES string of the molecule is Cc1csc(NC(=O)CCc2cccs2)n1. The number of hydrogen-bond donors (Lipinski definition) is 1. The lowest BCUT2D eigenvalue weighted by Gasteiger charge is -1.99. The number of carbonyl (C=O) groups is 1. The molecule has 2 rings (SSSR count). The number of nitrogens with one attached hydrogen (secondary N) is 1. The second-order valence-corrected chi connectivity index (χ2v) is 5.31. The number of thiophene rings is 1. The van der Waals surface area contributed by atoms with E-state index in [-0.39, 0.29) is 5.91 Å². The van der Waals surface area contributed by atoms with E-state index in [0.717, 1.165) is 12.1 Å². The van der Waals surface area contributed by atoms with Gasteiger partial charge in [0.2, 0.25) is 5.91 Å². The molecule has 0 aliphatic heterocycles. The second kappa shape index (κ2) is 5.23. The van der Waals surface area contributed by atoms with E-state index in [1.807, 2.05) is 29.8 Å². The number of amides is 1. The van der Waals surface area contributed by atoms with Crippen molar-refractivity contribution in [3.05, 3.63) is 33.5 Å². The summed E-state index contributed by atoms with van der Waals surface area (Å²) in [5.74, 6) is 0.0303. The summed E-state index contributed by atoms with van der Waals surface area (Å²) >= 11 is 3.14. The average molecular weight is 252 g/mol. The Morgan fingerprint density at radius 1 is 1.50 bits per heavy atom. The first-order valence-corrected chi connectivity index (χ1v) is 6.74. The highest BCUT2D eigenvalue weighted by molar-refractivity contribution is 7.13. The summed E-state index contributed by atoms with van der Waals surface area (Å²) < 4.78 is 0. The minimum atomic E-state index is 0.0303. The van der Waals surface area contributed by atoms with Crippen LogP contribution in [0, 0.1) is 6.92 Å². The summed E-state index contributed by atoms with van der Waals surface area (Å²) in [7, 11) is 0. The van der Waals surface area contributed by atoms with Crippen LogP contribution in [0.2, 0.25) is 0 Å². The van der Waals surface area contributed by atoms with Crippen LogP contribution >= 0.6 is 22.7 Å². The monoisotopic (exact) mass is 252 g/mol. The van der Waals surface area contributed by atoms with Crippen LogP contribution < -0.4 is 5.32 Å². The molecule has 1 N–H and O–H groups in total. The number of aromatic nitrogens is 1. The van der Waals surface area contributed by atoms with Crippen LogP contribution in [0.15, 0.2) is 22.9 Å². The number of rotatable bonds is 4. The van der Waals surface area contributed by atoms with E-state index < -0.39 is 0 Å². The van der Waals surface area contributed by atoms with Gasteiger partial charge in [-0.3, -0.25) is 4.79 Å². The van der Waals surface area contributed by atoms with Crippen LogP contribution in [0.3, 0.4) is 0 Å². The summed E-state index contributed by atoms with van der Waals surface area (Å²) in [4.78, 5) is 17.0. The number of thiazole rings is 1. The fourth-order valence-electron chi connectivity index (χ4n) is 1.28. The maximum absolute atomic E-state index is 11.6. The van der Waals surface area contributed by atoms with Crippen molar-refractivity contribution in [3.63, 3.8) is 0 Å². The molecule has 0 atom stereocenters. The molecule has 0 saturated heterocycles. The van der Waals surface area contributed by atoms with Gasteiger partial charge in [0.15, 0.2) is 5.13 Å². The first-order chi connectivity index (χ1) is 7.74. The summed E-state index contributed by atoms with van der Waals surface area (Å²) in [5, 5.41) is 7.44. The van der Waals surface area contributed by atoms with Gasteiger partial charge in [-0.25, -0.2) is 4.98 Å². The van der Waals surface area contributed by atoms with E-state index in [2.05, 4.69) is 10.3 Å². The van der Waals surface area contributed by atoms with Crippen molar-refractivity contribution in [2.45, 2.75) is 19.8 Å². The molecule has 0 radical (unpaired) electrons. The zero-order valence-electron chi connectivity index (χ0n) is 8.90. The smallest absolute Gasteiger partial charge is 0.226 e. The Bertz CT molecular complexity index is 462. The van der Waals surface area contributed by atoms with Crippen LogP contribution in [0.4, 0.5) is 5.13 Å². The van der Waals surface area contributed by atoms with Gasteiger partial charge in [-0.05, 0) is 24.8 Å². The van der Waals surface area contributed by atoms with Gasteiger partial charge in [0.1, 0.15) is 0 Å². The molecule has 2 aromatic rings.